The molecular formula is C18H24ClN3OS. The van der Waals surface area contributed by atoms with E-state index in [-0.39, 0.29) is 11.8 Å². The first-order valence-electron chi connectivity index (χ1n) is 8.57. The first-order valence-corrected chi connectivity index (χ1v) is 9.76. The van der Waals surface area contributed by atoms with Crippen molar-refractivity contribution in [2.24, 2.45) is 5.92 Å². The van der Waals surface area contributed by atoms with Crippen LogP contribution in [0.4, 0.5) is 5.13 Å². The monoisotopic (exact) mass is 365 g/mol. The number of rotatable bonds is 5. The number of fused-ring (bicyclic) bond motifs is 1. The summed E-state index contributed by atoms with van der Waals surface area (Å²) in [5.41, 5.74) is 0.908. The molecule has 4 nitrogen and oxygen atoms in total. The number of hydrogen-bond donors (Lipinski definition) is 0. The van der Waals surface area contributed by atoms with E-state index < -0.39 is 0 Å². The van der Waals surface area contributed by atoms with Crippen molar-refractivity contribution in [1.82, 2.24) is 9.88 Å². The topological polar surface area (TPSA) is 36.4 Å². The van der Waals surface area contributed by atoms with Crippen molar-refractivity contribution in [1.29, 1.82) is 0 Å². The van der Waals surface area contributed by atoms with Gasteiger partial charge in [0.25, 0.3) is 0 Å². The van der Waals surface area contributed by atoms with E-state index in [0.29, 0.717) is 11.6 Å². The van der Waals surface area contributed by atoms with E-state index in [4.69, 9.17) is 16.6 Å². The summed E-state index contributed by atoms with van der Waals surface area (Å²) >= 11 is 7.64. The lowest BCUT2D eigenvalue weighted by atomic mass is 9.88. The normalized spacial score (nSPS) is 16.0. The van der Waals surface area contributed by atoms with Crippen molar-refractivity contribution >= 4 is 44.2 Å². The Kier molecular flexibility index (Phi) is 5.74. The van der Waals surface area contributed by atoms with Crippen LogP contribution in [0.25, 0.3) is 10.2 Å². The number of halogens is 1. The maximum atomic E-state index is 13.1. The zero-order chi connectivity index (χ0) is 17.1. The van der Waals surface area contributed by atoms with Gasteiger partial charge in [-0.15, -0.1) is 0 Å². The summed E-state index contributed by atoms with van der Waals surface area (Å²) in [4.78, 5) is 21.8. The van der Waals surface area contributed by atoms with Crippen LogP contribution in [-0.2, 0) is 4.79 Å². The summed E-state index contributed by atoms with van der Waals surface area (Å²) in [6.07, 6.45) is 5.59. The predicted octanol–water partition coefficient (Wildman–Crippen LogP) is 4.42. The molecule has 1 heterocycles. The van der Waals surface area contributed by atoms with Gasteiger partial charge < -0.3 is 4.90 Å². The second kappa shape index (κ2) is 7.81. The van der Waals surface area contributed by atoms with Crippen LogP contribution in [0.15, 0.2) is 18.2 Å². The van der Waals surface area contributed by atoms with E-state index in [1.807, 2.05) is 37.2 Å². The van der Waals surface area contributed by atoms with Crippen molar-refractivity contribution < 1.29 is 4.79 Å². The van der Waals surface area contributed by atoms with Crippen LogP contribution < -0.4 is 4.90 Å². The summed E-state index contributed by atoms with van der Waals surface area (Å²) in [5, 5.41) is 1.50. The summed E-state index contributed by atoms with van der Waals surface area (Å²) in [5.74, 6) is 0.387. The molecule has 1 saturated carbocycles. The maximum Gasteiger partial charge on any atom is 0.231 e. The van der Waals surface area contributed by atoms with E-state index in [0.717, 1.165) is 47.6 Å². The summed E-state index contributed by atoms with van der Waals surface area (Å²) in [6, 6.07) is 5.70. The highest BCUT2D eigenvalue weighted by Crippen LogP contribution is 2.33. The molecule has 0 bridgehead atoms. The summed E-state index contributed by atoms with van der Waals surface area (Å²) in [7, 11) is 4.06. The number of aromatic nitrogens is 1. The number of carbonyl (C=O) groups excluding carboxylic acids is 1. The fraction of sp³-hybridized carbons (Fsp3) is 0.556. The van der Waals surface area contributed by atoms with Crippen LogP contribution in [0, 0.1) is 5.92 Å². The lowest BCUT2D eigenvalue weighted by Gasteiger charge is -2.28. The van der Waals surface area contributed by atoms with E-state index >= 15 is 0 Å². The Morgan fingerprint density at radius 1 is 1.25 bits per heavy atom. The van der Waals surface area contributed by atoms with Gasteiger partial charge in [-0.1, -0.05) is 42.2 Å². The van der Waals surface area contributed by atoms with Crippen molar-refractivity contribution in [2.75, 3.05) is 32.1 Å². The molecule has 1 fully saturated rings. The molecule has 6 heteroatoms. The molecule has 1 aliphatic carbocycles. The van der Waals surface area contributed by atoms with E-state index in [2.05, 4.69) is 4.90 Å². The van der Waals surface area contributed by atoms with Crippen LogP contribution >= 0.6 is 22.9 Å². The number of amides is 1. The highest BCUT2D eigenvalue weighted by Gasteiger charge is 2.28. The summed E-state index contributed by atoms with van der Waals surface area (Å²) < 4.78 is 1.03. The van der Waals surface area contributed by atoms with Gasteiger partial charge in [0.1, 0.15) is 0 Å². The minimum Gasteiger partial charge on any atom is -0.308 e. The second-order valence-corrected chi connectivity index (χ2v) is 8.18. The zero-order valence-corrected chi connectivity index (χ0v) is 15.9. The zero-order valence-electron chi connectivity index (χ0n) is 14.3. The molecule has 3 rings (SSSR count). The second-order valence-electron chi connectivity index (χ2n) is 6.74. The van der Waals surface area contributed by atoms with Gasteiger partial charge in [-0.25, -0.2) is 4.98 Å². The molecular weight excluding hydrogens is 342 g/mol. The Morgan fingerprint density at radius 3 is 2.71 bits per heavy atom. The van der Waals surface area contributed by atoms with Crippen molar-refractivity contribution in [3.05, 3.63) is 23.2 Å². The number of thiazole rings is 1. The molecule has 24 heavy (non-hydrogen) atoms. The Bertz CT molecular complexity index is 709. The van der Waals surface area contributed by atoms with Crippen molar-refractivity contribution in [3.63, 3.8) is 0 Å². The molecule has 0 spiro atoms. The quantitative estimate of drug-likeness (QED) is 0.786. The average molecular weight is 366 g/mol. The van der Waals surface area contributed by atoms with Gasteiger partial charge in [-0.05, 0) is 45.1 Å². The Balaban J connectivity index is 1.88. The Labute approximate surface area is 152 Å². The van der Waals surface area contributed by atoms with Crippen LogP contribution in [0.1, 0.15) is 32.1 Å². The van der Waals surface area contributed by atoms with Gasteiger partial charge >= 0.3 is 0 Å². The van der Waals surface area contributed by atoms with E-state index in [1.165, 1.54) is 6.42 Å². The fourth-order valence-electron chi connectivity index (χ4n) is 3.17. The number of hydrogen-bond acceptors (Lipinski definition) is 4. The molecule has 1 aliphatic rings. The van der Waals surface area contributed by atoms with Crippen molar-refractivity contribution in [2.45, 2.75) is 32.1 Å². The van der Waals surface area contributed by atoms with Crippen molar-refractivity contribution in [3.8, 4) is 0 Å². The van der Waals surface area contributed by atoms with E-state index in [1.54, 1.807) is 11.3 Å². The molecule has 2 aromatic rings. The predicted molar refractivity (Wildman–Crippen MR) is 102 cm³/mol. The number of likely N-dealkylation sites (N-methyl/N-ethyl adjacent to an activating group) is 1. The average Bonchev–Trinajstić information content (AvgIpc) is 2.98. The first kappa shape index (κ1) is 17.6. The van der Waals surface area contributed by atoms with Crippen LogP contribution in [0.2, 0.25) is 5.02 Å². The molecule has 0 N–H and O–H groups in total. The molecule has 0 unspecified atom stereocenters. The number of benzene rings is 1. The molecule has 1 aromatic heterocycles. The van der Waals surface area contributed by atoms with Gasteiger partial charge in [0, 0.05) is 24.0 Å². The first-order chi connectivity index (χ1) is 11.5. The SMILES string of the molecule is CN(C)CCN(C(=O)C1CCCCC1)c1nc2ccc(Cl)cc2s1. The Morgan fingerprint density at radius 2 is 2.00 bits per heavy atom. The Hall–Kier alpha value is -1.17. The van der Waals surface area contributed by atoms with Gasteiger partial charge in [0.15, 0.2) is 5.13 Å². The lowest BCUT2D eigenvalue weighted by molar-refractivity contribution is -0.123. The minimum atomic E-state index is 0.150. The van der Waals surface area contributed by atoms with E-state index in [9.17, 15) is 4.79 Å². The largest absolute Gasteiger partial charge is 0.308 e. The highest BCUT2D eigenvalue weighted by atomic mass is 35.5. The molecule has 0 saturated heterocycles. The van der Waals surface area contributed by atoms with Crippen LogP contribution in [-0.4, -0.2) is 43.0 Å². The number of anilines is 1. The third-order valence-corrected chi connectivity index (χ3v) is 5.84. The molecule has 0 aliphatic heterocycles. The third-order valence-electron chi connectivity index (χ3n) is 4.56. The summed E-state index contributed by atoms with van der Waals surface area (Å²) in [6.45, 7) is 1.50. The van der Waals surface area contributed by atoms with Gasteiger partial charge in [0.2, 0.25) is 5.91 Å². The van der Waals surface area contributed by atoms with Gasteiger partial charge in [-0.3, -0.25) is 9.69 Å². The fourth-order valence-corrected chi connectivity index (χ4v) is 4.44. The highest BCUT2D eigenvalue weighted by molar-refractivity contribution is 7.22. The smallest absolute Gasteiger partial charge is 0.231 e. The molecule has 0 atom stereocenters. The number of nitrogens with zero attached hydrogens (tertiary/aromatic N) is 3. The third kappa shape index (κ3) is 4.08. The van der Waals surface area contributed by atoms with Crippen LogP contribution in [0.5, 0.6) is 0 Å². The number of carbonyl (C=O) groups is 1. The maximum absolute atomic E-state index is 13.1. The lowest BCUT2D eigenvalue weighted by Crippen LogP contribution is -2.41. The van der Waals surface area contributed by atoms with Gasteiger partial charge in [-0.2, -0.15) is 0 Å². The van der Waals surface area contributed by atoms with Crippen LogP contribution in [0.3, 0.4) is 0 Å². The molecule has 1 amide bonds. The van der Waals surface area contributed by atoms with Gasteiger partial charge in [0.05, 0.1) is 10.2 Å². The standard InChI is InChI=1S/C18H24ClN3OS/c1-21(2)10-11-22(17(23)13-6-4-3-5-7-13)18-20-15-9-8-14(19)12-16(15)24-18/h8-9,12-13H,3-7,10-11H2,1-2H3. The minimum absolute atomic E-state index is 0.150. The molecule has 130 valence electrons. The molecule has 0 radical (unpaired) electrons. The molecule has 1 aromatic carbocycles.